The molecule has 0 spiro atoms. The van der Waals surface area contributed by atoms with Crippen LogP contribution < -0.4 is 0 Å². The van der Waals surface area contributed by atoms with Gasteiger partial charge in [-0.15, -0.1) is 0 Å². The lowest BCUT2D eigenvalue weighted by atomic mass is 9.93. The zero-order chi connectivity index (χ0) is 18.2. The van der Waals surface area contributed by atoms with Crippen molar-refractivity contribution in [2.75, 3.05) is 13.7 Å². The lowest BCUT2D eigenvalue weighted by Gasteiger charge is -2.31. The number of allylic oxidation sites excluding steroid dienone is 2. The van der Waals surface area contributed by atoms with E-state index in [1.54, 1.807) is 13.3 Å². The summed E-state index contributed by atoms with van der Waals surface area (Å²) in [7, 11) is 1.60. The minimum Gasteiger partial charge on any atom is -0.367 e. The van der Waals surface area contributed by atoms with Crippen molar-refractivity contribution in [3.8, 4) is 0 Å². The van der Waals surface area contributed by atoms with Crippen LogP contribution in [0.15, 0.2) is 67.0 Å². The summed E-state index contributed by atoms with van der Waals surface area (Å²) in [5.41, 5.74) is 1.93. The molecule has 2 atom stereocenters. The Kier molecular flexibility index (Phi) is 6.56. The number of hydrogen-bond donors (Lipinski definition) is 0. The van der Waals surface area contributed by atoms with Crippen LogP contribution in [0.1, 0.15) is 36.5 Å². The number of carbonyl (C=O) groups excluding carboxylic acids is 1. The average molecular weight is 350 g/mol. The topological polar surface area (TPSA) is 42.4 Å². The summed E-state index contributed by atoms with van der Waals surface area (Å²) in [5.74, 6) is 0.506. The zero-order valence-electron chi connectivity index (χ0n) is 15.3. The Morgan fingerprint density at radius 3 is 2.73 bits per heavy atom. The van der Waals surface area contributed by atoms with Crippen LogP contribution in [-0.4, -0.2) is 29.4 Å². The van der Waals surface area contributed by atoms with Gasteiger partial charge in [-0.3, -0.25) is 9.78 Å². The molecule has 0 N–H and O–H groups in total. The average Bonchev–Trinajstić information content (AvgIpc) is 2.70. The van der Waals surface area contributed by atoms with Gasteiger partial charge in [-0.05, 0) is 42.4 Å². The van der Waals surface area contributed by atoms with Crippen molar-refractivity contribution in [3.05, 3.63) is 78.1 Å². The molecule has 0 radical (unpaired) electrons. The first-order chi connectivity index (χ1) is 12.8. The van der Waals surface area contributed by atoms with E-state index in [0.29, 0.717) is 12.5 Å². The lowest BCUT2D eigenvalue weighted by molar-refractivity contribution is -0.143. The quantitative estimate of drug-likeness (QED) is 0.704. The minimum absolute atomic E-state index is 0.0112. The van der Waals surface area contributed by atoms with E-state index in [2.05, 4.69) is 17.1 Å². The number of aromatic nitrogens is 1. The molecular formula is C22H26N2O2. The molecule has 0 unspecified atom stereocenters. The number of nitrogens with zero attached hydrogens (tertiary/aromatic N) is 2. The standard InChI is InChI=1S/C22H26N2O2/c1-26-21(20-12-6-3-7-13-20)22(25)24(16-18-9-4-2-5-10-18)17-19-11-8-14-23-15-19/h2-4,6-8,11-15,18,21H,5,9-10,16-17H2,1H3/t18-,21+/m1/s1. The van der Waals surface area contributed by atoms with Crippen LogP contribution in [0.25, 0.3) is 0 Å². The highest BCUT2D eigenvalue weighted by molar-refractivity contribution is 5.82. The number of carbonyl (C=O) groups is 1. The van der Waals surface area contributed by atoms with E-state index >= 15 is 0 Å². The van der Waals surface area contributed by atoms with Crippen molar-refractivity contribution < 1.29 is 9.53 Å². The van der Waals surface area contributed by atoms with Crippen LogP contribution in [0.4, 0.5) is 0 Å². The molecule has 0 saturated carbocycles. The third-order valence-electron chi connectivity index (χ3n) is 4.83. The molecule has 0 fully saturated rings. The van der Waals surface area contributed by atoms with E-state index < -0.39 is 6.10 Å². The van der Waals surface area contributed by atoms with E-state index in [9.17, 15) is 4.79 Å². The molecule has 4 nitrogen and oxygen atoms in total. The van der Waals surface area contributed by atoms with Gasteiger partial charge < -0.3 is 9.64 Å². The first kappa shape index (κ1) is 18.3. The Labute approximate surface area is 155 Å². The van der Waals surface area contributed by atoms with Crippen LogP contribution in [0, 0.1) is 5.92 Å². The van der Waals surface area contributed by atoms with Gasteiger partial charge in [0, 0.05) is 32.6 Å². The Morgan fingerprint density at radius 2 is 2.08 bits per heavy atom. The number of rotatable bonds is 7. The predicted molar refractivity (Wildman–Crippen MR) is 102 cm³/mol. The number of benzene rings is 1. The van der Waals surface area contributed by atoms with Crippen LogP contribution in [0.5, 0.6) is 0 Å². The highest BCUT2D eigenvalue weighted by Crippen LogP contribution is 2.24. The number of pyridine rings is 1. The number of hydrogen-bond acceptors (Lipinski definition) is 3. The Hall–Kier alpha value is -2.46. The molecule has 1 aromatic heterocycles. The summed E-state index contributed by atoms with van der Waals surface area (Å²) in [5, 5.41) is 0. The molecule has 0 bridgehead atoms. The normalized spacial score (nSPS) is 17.7. The van der Waals surface area contributed by atoms with Gasteiger partial charge in [-0.25, -0.2) is 0 Å². The Balaban J connectivity index is 1.80. The molecule has 0 aliphatic heterocycles. The molecule has 1 amide bonds. The maximum absolute atomic E-state index is 13.3. The number of methoxy groups -OCH3 is 1. The summed E-state index contributed by atoms with van der Waals surface area (Å²) in [6.45, 7) is 1.30. The molecule has 1 aromatic carbocycles. The molecule has 0 saturated heterocycles. The second-order valence-electron chi connectivity index (χ2n) is 6.76. The molecule has 1 heterocycles. The van der Waals surface area contributed by atoms with Crippen molar-refractivity contribution in [1.82, 2.24) is 9.88 Å². The molecule has 1 aliphatic carbocycles. The van der Waals surface area contributed by atoms with Crippen molar-refractivity contribution in [3.63, 3.8) is 0 Å². The van der Waals surface area contributed by atoms with Crippen molar-refractivity contribution in [2.45, 2.75) is 31.9 Å². The van der Waals surface area contributed by atoms with Gasteiger partial charge in [0.15, 0.2) is 6.10 Å². The lowest BCUT2D eigenvalue weighted by Crippen LogP contribution is -2.39. The SMILES string of the molecule is CO[C@H](C(=O)N(Cc1cccnc1)C[C@@H]1CC=CCC1)c1ccccc1. The maximum Gasteiger partial charge on any atom is 0.256 e. The summed E-state index contributed by atoms with van der Waals surface area (Å²) >= 11 is 0. The van der Waals surface area contributed by atoms with E-state index in [1.807, 2.05) is 53.6 Å². The largest absolute Gasteiger partial charge is 0.367 e. The van der Waals surface area contributed by atoms with Crippen molar-refractivity contribution in [2.24, 2.45) is 5.92 Å². The van der Waals surface area contributed by atoms with E-state index in [1.165, 1.54) is 0 Å². The minimum atomic E-state index is -0.577. The summed E-state index contributed by atoms with van der Waals surface area (Å²) in [4.78, 5) is 19.4. The maximum atomic E-state index is 13.3. The van der Waals surface area contributed by atoms with E-state index in [0.717, 1.165) is 36.9 Å². The molecular weight excluding hydrogens is 324 g/mol. The molecule has 26 heavy (non-hydrogen) atoms. The summed E-state index contributed by atoms with van der Waals surface area (Å²) < 4.78 is 5.59. The Morgan fingerprint density at radius 1 is 1.23 bits per heavy atom. The monoisotopic (exact) mass is 350 g/mol. The zero-order valence-corrected chi connectivity index (χ0v) is 15.3. The highest BCUT2D eigenvalue weighted by atomic mass is 16.5. The van der Waals surface area contributed by atoms with Crippen LogP contribution in [0.3, 0.4) is 0 Å². The fraction of sp³-hybridized carbons (Fsp3) is 0.364. The van der Waals surface area contributed by atoms with E-state index in [-0.39, 0.29) is 5.91 Å². The predicted octanol–water partition coefficient (Wildman–Crippen LogP) is 4.15. The van der Waals surface area contributed by atoms with Gasteiger partial charge in [0.25, 0.3) is 5.91 Å². The third kappa shape index (κ3) is 4.79. The number of ether oxygens (including phenoxy) is 1. The highest BCUT2D eigenvalue weighted by Gasteiger charge is 2.28. The molecule has 1 aliphatic rings. The fourth-order valence-electron chi connectivity index (χ4n) is 3.45. The van der Waals surface area contributed by atoms with Gasteiger partial charge in [0.1, 0.15) is 0 Å². The van der Waals surface area contributed by atoms with E-state index in [4.69, 9.17) is 4.74 Å². The number of amides is 1. The van der Waals surface area contributed by atoms with Gasteiger partial charge in [-0.1, -0.05) is 48.6 Å². The van der Waals surface area contributed by atoms with Crippen LogP contribution in [-0.2, 0) is 16.1 Å². The van der Waals surface area contributed by atoms with Gasteiger partial charge in [-0.2, -0.15) is 0 Å². The second-order valence-corrected chi connectivity index (χ2v) is 6.76. The Bertz CT molecular complexity index is 715. The van der Waals surface area contributed by atoms with Gasteiger partial charge in [0.2, 0.25) is 0 Å². The first-order valence-electron chi connectivity index (χ1n) is 9.18. The third-order valence-corrected chi connectivity index (χ3v) is 4.83. The fourth-order valence-corrected chi connectivity index (χ4v) is 3.45. The van der Waals surface area contributed by atoms with Crippen molar-refractivity contribution >= 4 is 5.91 Å². The van der Waals surface area contributed by atoms with Crippen LogP contribution >= 0.6 is 0 Å². The van der Waals surface area contributed by atoms with Crippen molar-refractivity contribution in [1.29, 1.82) is 0 Å². The van der Waals surface area contributed by atoms with Gasteiger partial charge >= 0.3 is 0 Å². The van der Waals surface area contributed by atoms with Crippen LogP contribution in [0.2, 0.25) is 0 Å². The molecule has 2 aromatic rings. The molecule has 136 valence electrons. The smallest absolute Gasteiger partial charge is 0.256 e. The van der Waals surface area contributed by atoms with Gasteiger partial charge in [0.05, 0.1) is 0 Å². The molecule has 3 rings (SSSR count). The second kappa shape index (κ2) is 9.30. The summed E-state index contributed by atoms with van der Waals surface area (Å²) in [6, 6.07) is 13.6. The first-order valence-corrected chi connectivity index (χ1v) is 9.18. The summed E-state index contributed by atoms with van der Waals surface area (Å²) in [6.07, 6.45) is 10.7. The molecule has 4 heteroatoms.